The Kier molecular flexibility index (Phi) is 4.35. The lowest BCUT2D eigenvalue weighted by atomic mass is 10.1. The number of halogens is 1. The summed E-state index contributed by atoms with van der Waals surface area (Å²) in [5, 5.41) is 16.0. The van der Waals surface area contributed by atoms with Crippen LogP contribution in [0, 0.1) is 6.92 Å². The van der Waals surface area contributed by atoms with E-state index < -0.39 is 11.9 Å². The van der Waals surface area contributed by atoms with Gasteiger partial charge in [0.25, 0.3) is 11.8 Å². The van der Waals surface area contributed by atoms with Gasteiger partial charge in [-0.05, 0) is 44.4 Å². The second-order valence-corrected chi connectivity index (χ2v) is 5.84. The van der Waals surface area contributed by atoms with Crippen LogP contribution in [0.5, 0.6) is 0 Å². The third-order valence-electron chi connectivity index (χ3n) is 3.74. The molecule has 2 aromatic rings. The first-order valence-electron chi connectivity index (χ1n) is 7.32. The molecule has 0 spiro atoms. The fourth-order valence-electron chi connectivity index (χ4n) is 2.64. The Morgan fingerprint density at radius 2 is 2.04 bits per heavy atom. The maximum absolute atomic E-state index is 12.5. The highest BCUT2D eigenvalue weighted by Crippen LogP contribution is 2.32. The molecule has 0 radical (unpaired) electrons. The molecule has 0 atom stereocenters. The topological polar surface area (TPSA) is 105 Å². The molecule has 0 bridgehead atoms. The van der Waals surface area contributed by atoms with Gasteiger partial charge in [-0.1, -0.05) is 16.8 Å². The van der Waals surface area contributed by atoms with E-state index in [-0.39, 0.29) is 17.0 Å². The molecule has 1 amide bonds. The average molecular weight is 348 g/mol. The van der Waals surface area contributed by atoms with Crippen molar-refractivity contribution in [3.05, 3.63) is 40.2 Å². The molecule has 1 aliphatic carbocycles. The maximum atomic E-state index is 12.5. The molecule has 124 valence electrons. The fraction of sp³-hybridized carbons (Fsp3) is 0.250. The summed E-state index contributed by atoms with van der Waals surface area (Å²) in [6.07, 6.45) is 1.47. The van der Waals surface area contributed by atoms with Gasteiger partial charge in [-0.15, -0.1) is 0 Å². The summed E-state index contributed by atoms with van der Waals surface area (Å²) in [7, 11) is 0. The Bertz CT molecular complexity index is 857. The summed E-state index contributed by atoms with van der Waals surface area (Å²) in [6.45, 7) is 1.68. The molecule has 8 heteroatoms. The van der Waals surface area contributed by atoms with Gasteiger partial charge in [0.2, 0.25) is 0 Å². The normalized spacial score (nSPS) is 14.1. The standard InChI is InChI=1S/C16H14ClN3O4/c1-8-18-15(24-20-8)12-6-5-9(17)7-13(12)19-14(21)10-3-2-4-11(10)16(22)23/h5-7H,2-4H2,1H3,(H,19,21)(H,22,23). The van der Waals surface area contributed by atoms with Crippen molar-refractivity contribution in [1.82, 2.24) is 10.1 Å². The summed E-state index contributed by atoms with van der Waals surface area (Å²) in [4.78, 5) is 27.9. The Morgan fingerprint density at radius 1 is 1.29 bits per heavy atom. The molecule has 0 aliphatic heterocycles. The first-order chi connectivity index (χ1) is 11.5. The number of aliphatic carboxylic acids is 1. The minimum absolute atomic E-state index is 0.157. The van der Waals surface area contributed by atoms with Crippen molar-refractivity contribution >= 4 is 29.2 Å². The summed E-state index contributed by atoms with van der Waals surface area (Å²) in [5.41, 5.74) is 1.35. The molecule has 0 unspecified atom stereocenters. The highest BCUT2D eigenvalue weighted by molar-refractivity contribution is 6.31. The minimum atomic E-state index is -1.06. The van der Waals surface area contributed by atoms with Crippen molar-refractivity contribution in [1.29, 1.82) is 0 Å². The van der Waals surface area contributed by atoms with Gasteiger partial charge in [-0.25, -0.2) is 4.79 Å². The Hall–Kier alpha value is -2.67. The second-order valence-electron chi connectivity index (χ2n) is 5.41. The van der Waals surface area contributed by atoms with Crippen LogP contribution >= 0.6 is 11.6 Å². The monoisotopic (exact) mass is 347 g/mol. The zero-order chi connectivity index (χ0) is 17.3. The lowest BCUT2D eigenvalue weighted by Gasteiger charge is -2.10. The quantitative estimate of drug-likeness (QED) is 0.879. The number of nitrogens with zero attached hydrogens (tertiary/aromatic N) is 2. The lowest BCUT2D eigenvalue weighted by Crippen LogP contribution is -2.17. The first-order valence-corrected chi connectivity index (χ1v) is 7.70. The van der Waals surface area contributed by atoms with Gasteiger partial charge in [0.05, 0.1) is 11.3 Å². The Balaban J connectivity index is 1.95. The van der Waals surface area contributed by atoms with Gasteiger partial charge in [0, 0.05) is 16.2 Å². The van der Waals surface area contributed by atoms with Crippen LogP contribution in [0.3, 0.4) is 0 Å². The number of aryl methyl sites for hydroxylation is 1. The first kappa shape index (κ1) is 16.2. The van der Waals surface area contributed by atoms with Crippen LogP contribution in [-0.4, -0.2) is 27.1 Å². The van der Waals surface area contributed by atoms with Gasteiger partial charge in [0.1, 0.15) is 0 Å². The molecule has 3 rings (SSSR count). The third kappa shape index (κ3) is 3.16. The van der Waals surface area contributed by atoms with Gasteiger partial charge in [0.15, 0.2) is 5.82 Å². The van der Waals surface area contributed by atoms with Gasteiger partial charge in [-0.2, -0.15) is 4.98 Å². The second kappa shape index (κ2) is 6.45. The van der Waals surface area contributed by atoms with Crippen molar-refractivity contribution in [3.8, 4) is 11.5 Å². The molecule has 0 saturated carbocycles. The number of nitrogens with one attached hydrogen (secondary N) is 1. The van der Waals surface area contributed by atoms with E-state index in [2.05, 4.69) is 15.5 Å². The van der Waals surface area contributed by atoms with E-state index in [1.807, 2.05) is 0 Å². The number of anilines is 1. The number of hydrogen-bond acceptors (Lipinski definition) is 5. The molecular weight excluding hydrogens is 334 g/mol. The van der Waals surface area contributed by atoms with Crippen LogP contribution in [0.2, 0.25) is 5.02 Å². The van der Waals surface area contributed by atoms with Crippen molar-refractivity contribution in [2.24, 2.45) is 0 Å². The lowest BCUT2D eigenvalue weighted by molar-refractivity contribution is -0.133. The number of aromatic nitrogens is 2. The fourth-order valence-corrected chi connectivity index (χ4v) is 2.81. The van der Waals surface area contributed by atoms with Crippen LogP contribution in [0.15, 0.2) is 33.9 Å². The van der Waals surface area contributed by atoms with Crippen molar-refractivity contribution in [3.63, 3.8) is 0 Å². The number of amides is 1. The van der Waals surface area contributed by atoms with E-state index >= 15 is 0 Å². The van der Waals surface area contributed by atoms with Crippen molar-refractivity contribution in [2.45, 2.75) is 26.2 Å². The van der Waals surface area contributed by atoms with Crippen LogP contribution in [0.4, 0.5) is 5.69 Å². The van der Waals surface area contributed by atoms with Gasteiger partial charge >= 0.3 is 5.97 Å². The zero-order valence-corrected chi connectivity index (χ0v) is 13.6. The molecule has 2 N–H and O–H groups in total. The maximum Gasteiger partial charge on any atom is 0.332 e. The third-order valence-corrected chi connectivity index (χ3v) is 3.97. The van der Waals surface area contributed by atoms with Crippen LogP contribution < -0.4 is 5.32 Å². The molecule has 7 nitrogen and oxygen atoms in total. The molecule has 1 aromatic heterocycles. The zero-order valence-electron chi connectivity index (χ0n) is 12.8. The highest BCUT2D eigenvalue weighted by atomic mass is 35.5. The smallest absolute Gasteiger partial charge is 0.332 e. The number of hydrogen-bond donors (Lipinski definition) is 2. The molecule has 0 saturated heterocycles. The predicted molar refractivity (Wildman–Crippen MR) is 86.6 cm³/mol. The molecule has 24 heavy (non-hydrogen) atoms. The van der Waals surface area contributed by atoms with Crippen LogP contribution in [0.25, 0.3) is 11.5 Å². The van der Waals surface area contributed by atoms with Crippen LogP contribution in [0.1, 0.15) is 25.1 Å². The highest BCUT2D eigenvalue weighted by Gasteiger charge is 2.26. The summed E-state index contributed by atoms with van der Waals surface area (Å²) in [5.74, 6) is -0.802. The number of carbonyl (C=O) groups is 2. The number of carboxylic acid groups (broad SMARTS) is 1. The SMILES string of the molecule is Cc1noc(-c2ccc(Cl)cc2NC(=O)C2=C(C(=O)O)CCC2)n1. The molecular formula is C16H14ClN3O4. The van der Waals surface area contributed by atoms with E-state index in [9.17, 15) is 14.7 Å². The Labute approximate surface area is 142 Å². The van der Waals surface area contributed by atoms with E-state index in [1.54, 1.807) is 25.1 Å². The van der Waals surface area contributed by atoms with E-state index in [0.717, 1.165) is 0 Å². The summed E-state index contributed by atoms with van der Waals surface area (Å²) in [6, 6.07) is 4.86. The number of carboxylic acids is 1. The molecule has 0 fully saturated rings. The molecule has 1 aliphatic rings. The van der Waals surface area contributed by atoms with E-state index in [0.29, 0.717) is 41.4 Å². The molecule has 1 heterocycles. The van der Waals surface area contributed by atoms with Gasteiger partial charge < -0.3 is 14.9 Å². The Morgan fingerprint density at radius 3 is 2.71 bits per heavy atom. The number of carbonyl (C=O) groups excluding carboxylic acids is 1. The van der Waals surface area contributed by atoms with Crippen molar-refractivity contribution in [2.75, 3.05) is 5.32 Å². The van der Waals surface area contributed by atoms with Crippen molar-refractivity contribution < 1.29 is 19.2 Å². The molecule has 1 aromatic carbocycles. The van der Waals surface area contributed by atoms with E-state index in [4.69, 9.17) is 16.1 Å². The summed E-state index contributed by atoms with van der Waals surface area (Å²) >= 11 is 6.01. The summed E-state index contributed by atoms with van der Waals surface area (Å²) < 4.78 is 5.14. The van der Waals surface area contributed by atoms with E-state index in [1.165, 1.54) is 0 Å². The van der Waals surface area contributed by atoms with Crippen LogP contribution in [-0.2, 0) is 9.59 Å². The average Bonchev–Trinajstić information content (AvgIpc) is 3.16. The predicted octanol–water partition coefficient (Wildman–Crippen LogP) is 3.20. The van der Waals surface area contributed by atoms with Gasteiger partial charge in [-0.3, -0.25) is 4.79 Å². The number of rotatable bonds is 4. The minimum Gasteiger partial charge on any atom is -0.478 e. The largest absolute Gasteiger partial charge is 0.478 e. The number of benzene rings is 1.